The molecular formula is C28H46N6O8. The van der Waals surface area contributed by atoms with Crippen molar-refractivity contribution in [1.29, 1.82) is 0 Å². The largest absolute Gasteiger partial charge is 0.480 e. The molecule has 0 saturated heterocycles. The Morgan fingerprint density at radius 1 is 0.929 bits per heavy atom. The first-order valence-corrected chi connectivity index (χ1v) is 13.7. The maximum Gasteiger partial charge on any atom is 0.322 e. The molecule has 14 nitrogen and oxygen atoms in total. The third-order valence-electron chi connectivity index (χ3n) is 5.31. The van der Waals surface area contributed by atoms with E-state index in [2.05, 4.69) is 26.6 Å². The van der Waals surface area contributed by atoms with Gasteiger partial charge in [-0.2, -0.15) is 0 Å². The molecular weight excluding hydrogens is 548 g/mol. The van der Waals surface area contributed by atoms with E-state index >= 15 is 0 Å². The predicted octanol–water partition coefficient (Wildman–Crippen LogP) is 1.34. The van der Waals surface area contributed by atoms with Crippen molar-refractivity contribution in [2.24, 2.45) is 17.6 Å². The van der Waals surface area contributed by atoms with Crippen molar-refractivity contribution < 1.29 is 38.6 Å². The molecule has 0 fully saturated rings. The normalized spacial score (nSPS) is 11.2. The van der Waals surface area contributed by atoms with Crippen LogP contribution in [-0.2, 0) is 30.5 Å². The number of amides is 5. The standard InChI is InChI=1S/C24H36N4O7.C4H10N2O/c1-13(2)21(27-15(5)6)23(33)25-10-19(29)28-17-8-7-16(12-35-24(34)14(3)4)18(9-17)22(32)26-11-20(30)31;1-2-3-6-4(5)7/h7-9,13-15,21,27H,10-12H2,1-6H3,(H,25,33)(H,26,32)(H,28,29)(H,30,31);2-3H2,1H3,(H3,5,6,7). The van der Waals surface area contributed by atoms with Crippen molar-refractivity contribution in [3.63, 3.8) is 0 Å². The van der Waals surface area contributed by atoms with E-state index < -0.39 is 42.4 Å². The molecule has 0 aliphatic rings. The monoisotopic (exact) mass is 594 g/mol. The average Bonchev–Trinajstić information content (AvgIpc) is 2.91. The van der Waals surface area contributed by atoms with E-state index in [0.717, 1.165) is 6.42 Å². The molecule has 1 atom stereocenters. The maximum atomic E-state index is 12.5. The van der Waals surface area contributed by atoms with Crippen LogP contribution in [0.5, 0.6) is 0 Å². The van der Waals surface area contributed by atoms with Gasteiger partial charge in [0.15, 0.2) is 0 Å². The Hall–Kier alpha value is -4.20. The molecule has 0 bridgehead atoms. The van der Waals surface area contributed by atoms with Crippen LogP contribution >= 0.6 is 0 Å². The third-order valence-corrected chi connectivity index (χ3v) is 5.31. The summed E-state index contributed by atoms with van der Waals surface area (Å²) in [6.45, 7) is 12.5. The molecule has 0 spiro atoms. The second-order valence-electron chi connectivity index (χ2n) is 10.3. The molecule has 1 rings (SSSR count). The number of hydrogen-bond acceptors (Lipinski definition) is 8. The molecule has 14 heteroatoms. The minimum absolute atomic E-state index is 0.0182. The van der Waals surface area contributed by atoms with E-state index in [4.69, 9.17) is 15.6 Å². The molecule has 1 aromatic rings. The molecule has 0 aromatic heterocycles. The lowest BCUT2D eigenvalue weighted by Gasteiger charge is -2.23. The van der Waals surface area contributed by atoms with Crippen LogP contribution in [0.3, 0.4) is 0 Å². The molecule has 5 amide bonds. The summed E-state index contributed by atoms with van der Waals surface area (Å²) in [5.41, 5.74) is 5.37. The van der Waals surface area contributed by atoms with Crippen molar-refractivity contribution in [2.75, 3.05) is 25.0 Å². The minimum Gasteiger partial charge on any atom is -0.480 e. The van der Waals surface area contributed by atoms with Gasteiger partial charge in [-0.1, -0.05) is 54.5 Å². The summed E-state index contributed by atoms with van der Waals surface area (Å²) in [5.74, 6) is -3.54. The molecule has 1 unspecified atom stereocenters. The molecule has 0 aliphatic carbocycles. The van der Waals surface area contributed by atoms with Gasteiger partial charge in [-0.05, 0) is 24.5 Å². The number of nitrogens with two attached hydrogens (primary N) is 1. The number of hydrogen-bond donors (Lipinski definition) is 7. The summed E-state index contributed by atoms with van der Waals surface area (Å²) < 4.78 is 5.18. The van der Waals surface area contributed by atoms with E-state index in [9.17, 15) is 28.8 Å². The smallest absolute Gasteiger partial charge is 0.322 e. The number of carbonyl (C=O) groups excluding carboxylic acids is 5. The molecule has 0 aliphatic heterocycles. The number of anilines is 1. The number of carboxylic acid groups (broad SMARTS) is 1. The number of nitrogens with one attached hydrogen (secondary N) is 5. The van der Waals surface area contributed by atoms with Crippen LogP contribution in [0.4, 0.5) is 10.5 Å². The Morgan fingerprint density at radius 3 is 2.05 bits per heavy atom. The minimum atomic E-state index is -1.22. The number of benzene rings is 1. The topological polar surface area (TPSA) is 218 Å². The van der Waals surface area contributed by atoms with Gasteiger partial charge in [0.05, 0.1) is 18.5 Å². The quantitative estimate of drug-likeness (QED) is 0.146. The Labute approximate surface area is 246 Å². The zero-order chi connectivity index (χ0) is 32.4. The van der Waals surface area contributed by atoms with Gasteiger partial charge in [0.2, 0.25) is 11.8 Å². The fraction of sp³-hybridized carbons (Fsp3) is 0.571. The number of esters is 1. The number of rotatable bonds is 15. The lowest BCUT2D eigenvalue weighted by atomic mass is 10.0. The van der Waals surface area contributed by atoms with E-state index in [-0.39, 0.29) is 48.2 Å². The van der Waals surface area contributed by atoms with Crippen LogP contribution in [0.1, 0.15) is 70.8 Å². The summed E-state index contributed by atoms with van der Waals surface area (Å²) in [6.07, 6.45) is 0.933. The van der Waals surface area contributed by atoms with E-state index in [1.807, 2.05) is 34.6 Å². The van der Waals surface area contributed by atoms with Gasteiger partial charge in [-0.15, -0.1) is 0 Å². The first kappa shape index (κ1) is 37.8. The Bertz CT molecular complexity index is 1070. The van der Waals surface area contributed by atoms with Crippen LogP contribution in [-0.4, -0.2) is 72.5 Å². The fourth-order valence-electron chi connectivity index (χ4n) is 3.22. The van der Waals surface area contributed by atoms with E-state index in [0.29, 0.717) is 12.1 Å². The van der Waals surface area contributed by atoms with Crippen molar-refractivity contribution >= 4 is 41.4 Å². The predicted molar refractivity (Wildman–Crippen MR) is 157 cm³/mol. The van der Waals surface area contributed by atoms with Crippen LogP contribution in [0.25, 0.3) is 0 Å². The second kappa shape index (κ2) is 19.8. The molecule has 42 heavy (non-hydrogen) atoms. The van der Waals surface area contributed by atoms with Crippen LogP contribution < -0.4 is 32.3 Å². The van der Waals surface area contributed by atoms with Crippen LogP contribution in [0, 0.1) is 11.8 Å². The first-order chi connectivity index (χ1) is 19.6. The highest BCUT2D eigenvalue weighted by Crippen LogP contribution is 2.18. The third kappa shape index (κ3) is 16.2. The Balaban J connectivity index is 0.00000212. The molecule has 0 saturated carbocycles. The highest BCUT2D eigenvalue weighted by molar-refractivity contribution is 6.00. The SMILES string of the molecule is CC(C)NC(C(=O)NCC(=O)Nc1ccc(COC(=O)C(C)C)c(C(=O)NCC(=O)O)c1)C(C)C.CCCNC(N)=O. The number of primary amides is 1. The van der Waals surface area contributed by atoms with Crippen molar-refractivity contribution in [1.82, 2.24) is 21.3 Å². The van der Waals surface area contributed by atoms with Gasteiger partial charge in [0.25, 0.3) is 5.91 Å². The number of urea groups is 1. The lowest BCUT2D eigenvalue weighted by molar-refractivity contribution is -0.148. The number of ether oxygens (including phenoxy) is 1. The number of aliphatic carboxylic acids is 1. The first-order valence-electron chi connectivity index (χ1n) is 13.7. The van der Waals surface area contributed by atoms with Crippen LogP contribution in [0.2, 0.25) is 0 Å². The van der Waals surface area contributed by atoms with Gasteiger partial charge in [0.1, 0.15) is 13.2 Å². The zero-order valence-corrected chi connectivity index (χ0v) is 25.5. The highest BCUT2D eigenvalue weighted by atomic mass is 16.5. The maximum absolute atomic E-state index is 12.5. The van der Waals surface area contributed by atoms with Gasteiger partial charge in [0, 0.05) is 29.4 Å². The molecule has 0 heterocycles. The Morgan fingerprint density at radius 2 is 1.57 bits per heavy atom. The molecule has 8 N–H and O–H groups in total. The van der Waals surface area contributed by atoms with E-state index in [1.54, 1.807) is 13.8 Å². The number of carboxylic acids is 1. The molecule has 1 aromatic carbocycles. The second-order valence-corrected chi connectivity index (χ2v) is 10.3. The lowest BCUT2D eigenvalue weighted by Crippen LogP contribution is -2.51. The van der Waals surface area contributed by atoms with Gasteiger partial charge in [-0.25, -0.2) is 4.79 Å². The van der Waals surface area contributed by atoms with Crippen molar-refractivity contribution in [2.45, 2.75) is 73.6 Å². The fourth-order valence-corrected chi connectivity index (χ4v) is 3.22. The van der Waals surface area contributed by atoms with Gasteiger partial charge < -0.3 is 42.2 Å². The number of carbonyl (C=O) groups is 6. The average molecular weight is 595 g/mol. The van der Waals surface area contributed by atoms with Gasteiger partial charge in [-0.3, -0.25) is 24.0 Å². The van der Waals surface area contributed by atoms with Crippen molar-refractivity contribution in [3.8, 4) is 0 Å². The summed E-state index contributed by atoms with van der Waals surface area (Å²) >= 11 is 0. The van der Waals surface area contributed by atoms with Gasteiger partial charge >= 0.3 is 18.0 Å². The summed E-state index contributed by atoms with van der Waals surface area (Å²) in [4.78, 5) is 69.9. The zero-order valence-electron chi connectivity index (χ0n) is 25.5. The summed E-state index contributed by atoms with van der Waals surface area (Å²) in [6, 6.07) is 3.56. The van der Waals surface area contributed by atoms with Crippen LogP contribution in [0.15, 0.2) is 18.2 Å². The summed E-state index contributed by atoms with van der Waals surface area (Å²) in [7, 11) is 0. The Kier molecular flexibility index (Phi) is 17.8. The molecule has 0 radical (unpaired) electrons. The van der Waals surface area contributed by atoms with Crippen molar-refractivity contribution in [3.05, 3.63) is 29.3 Å². The summed E-state index contributed by atoms with van der Waals surface area (Å²) in [5, 5.41) is 21.9. The molecule has 236 valence electrons. The highest BCUT2D eigenvalue weighted by Gasteiger charge is 2.23. The van der Waals surface area contributed by atoms with E-state index in [1.165, 1.54) is 18.2 Å².